The second-order valence-corrected chi connectivity index (χ2v) is 2.46. The minimum atomic E-state index is -1.06. The molecule has 8 nitrogen and oxygen atoms in total. The van der Waals surface area contributed by atoms with Crippen LogP contribution in [0.2, 0.25) is 0 Å². The topological polar surface area (TPSA) is 130 Å². The smallest absolute Gasteiger partial charge is 0.338 e. The highest BCUT2D eigenvalue weighted by molar-refractivity contribution is 6.04. The number of hydrogen-bond acceptors (Lipinski definition) is 6. The highest BCUT2D eigenvalue weighted by atomic mass is 16.6. The quantitative estimate of drug-likeness (QED) is 0.388. The SMILES string of the molecule is O=C(O)CNCC(=O)O.O=C1C=CC(=O)O1. The van der Waals surface area contributed by atoms with Crippen LogP contribution in [0.25, 0.3) is 0 Å². The van der Waals surface area contributed by atoms with E-state index in [0.717, 1.165) is 12.2 Å². The van der Waals surface area contributed by atoms with E-state index >= 15 is 0 Å². The number of carboxylic acids is 2. The van der Waals surface area contributed by atoms with E-state index in [9.17, 15) is 19.2 Å². The van der Waals surface area contributed by atoms with Crippen molar-refractivity contribution >= 4 is 23.9 Å². The first-order valence-corrected chi connectivity index (χ1v) is 4.00. The van der Waals surface area contributed by atoms with Crippen LogP contribution < -0.4 is 5.32 Å². The third-order valence-electron chi connectivity index (χ3n) is 1.11. The molecule has 0 bridgehead atoms. The largest absolute Gasteiger partial charge is 0.480 e. The van der Waals surface area contributed by atoms with Gasteiger partial charge in [-0.3, -0.25) is 14.9 Å². The van der Waals surface area contributed by atoms with Gasteiger partial charge in [0.2, 0.25) is 0 Å². The fourth-order valence-corrected chi connectivity index (χ4v) is 0.580. The summed E-state index contributed by atoms with van der Waals surface area (Å²) >= 11 is 0. The van der Waals surface area contributed by atoms with Crippen LogP contribution in [0.1, 0.15) is 0 Å². The Morgan fingerprint density at radius 1 is 1.06 bits per heavy atom. The Morgan fingerprint density at radius 3 is 1.62 bits per heavy atom. The molecule has 1 rings (SSSR count). The number of carboxylic acid groups (broad SMARTS) is 2. The standard InChI is InChI=1S/C4H7NO4.C4H2O3/c6-3(7)1-5-2-4(8)9;5-3-1-2-4(6)7-3/h5H,1-2H2,(H,6,7)(H,8,9);1-2H. The van der Waals surface area contributed by atoms with Crippen LogP contribution in [-0.2, 0) is 23.9 Å². The molecule has 0 atom stereocenters. The van der Waals surface area contributed by atoms with E-state index in [0.29, 0.717) is 0 Å². The fraction of sp³-hybridized carbons (Fsp3) is 0.250. The van der Waals surface area contributed by atoms with E-state index in [4.69, 9.17) is 10.2 Å². The summed E-state index contributed by atoms with van der Waals surface area (Å²) in [7, 11) is 0. The number of hydrogen-bond donors (Lipinski definition) is 3. The molecule has 0 aromatic heterocycles. The van der Waals surface area contributed by atoms with Gasteiger partial charge < -0.3 is 14.9 Å². The minimum Gasteiger partial charge on any atom is -0.480 e. The second-order valence-electron chi connectivity index (χ2n) is 2.46. The predicted octanol–water partition coefficient (Wildman–Crippen LogP) is -1.63. The van der Waals surface area contributed by atoms with Gasteiger partial charge in [0.15, 0.2) is 0 Å². The maximum Gasteiger partial charge on any atom is 0.338 e. The molecule has 0 amide bonds. The second kappa shape index (κ2) is 7.12. The molecular formula is C8H9NO7. The van der Waals surface area contributed by atoms with Crippen LogP contribution in [0.4, 0.5) is 0 Å². The van der Waals surface area contributed by atoms with Gasteiger partial charge in [-0.15, -0.1) is 0 Å². The zero-order valence-corrected chi connectivity index (χ0v) is 8.00. The van der Waals surface area contributed by atoms with Crippen LogP contribution >= 0.6 is 0 Å². The van der Waals surface area contributed by atoms with E-state index in [1.54, 1.807) is 0 Å². The lowest BCUT2D eigenvalue weighted by molar-refractivity contribution is -0.150. The van der Waals surface area contributed by atoms with Gasteiger partial charge in [0.05, 0.1) is 13.1 Å². The summed E-state index contributed by atoms with van der Waals surface area (Å²) in [6.07, 6.45) is 2.17. The Morgan fingerprint density at radius 2 is 1.44 bits per heavy atom. The lowest BCUT2D eigenvalue weighted by atomic mass is 10.6. The van der Waals surface area contributed by atoms with Crippen molar-refractivity contribution in [1.82, 2.24) is 5.32 Å². The molecular weight excluding hydrogens is 222 g/mol. The average molecular weight is 231 g/mol. The summed E-state index contributed by atoms with van der Waals surface area (Å²) < 4.78 is 3.97. The third kappa shape index (κ3) is 8.38. The average Bonchev–Trinajstić information content (AvgIpc) is 2.49. The highest BCUT2D eigenvalue weighted by Gasteiger charge is 2.10. The Bertz CT molecular complexity index is 303. The molecule has 1 aliphatic heterocycles. The first-order valence-electron chi connectivity index (χ1n) is 4.00. The number of carbonyl (C=O) groups excluding carboxylic acids is 2. The molecule has 0 aromatic rings. The highest BCUT2D eigenvalue weighted by Crippen LogP contribution is 1.92. The van der Waals surface area contributed by atoms with Gasteiger partial charge in [-0.1, -0.05) is 0 Å². The van der Waals surface area contributed by atoms with E-state index in [1.165, 1.54) is 0 Å². The summed E-state index contributed by atoms with van der Waals surface area (Å²) in [6.45, 7) is -0.626. The number of esters is 2. The number of aliphatic carboxylic acids is 2. The molecule has 88 valence electrons. The maximum absolute atomic E-state index is 9.92. The Labute approximate surface area is 89.5 Å². The van der Waals surface area contributed by atoms with E-state index < -0.39 is 23.9 Å². The van der Waals surface area contributed by atoms with Crippen molar-refractivity contribution in [1.29, 1.82) is 0 Å². The van der Waals surface area contributed by atoms with Crippen molar-refractivity contribution in [3.63, 3.8) is 0 Å². The third-order valence-corrected chi connectivity index (χ3v) is 1.11. The molecule has 1 heterocycles. The molecule has 16 heavy (non-hydrogen) atoms. The van der Waals surface area contributed by atoms with Crippen molar-refractivity contribution < 1.29 is 34.1 Å². The van der Waals surface area contributed by atoms with Crippen molar-refractivity contribution in [2.75, 3.05) is 13.1 Å². The lowest BCUT2D eigenvalue weighted by Crippen LogP contribution is -2.27. The number of carbonyl (C=O) groups is 4. The Balaban J connectivity index is 0.000000288. The molecule has 0 aliphatic carbocycles. The molecule has 0 fully saturated rings. The van der Waals surface area contributed by atoms with Crippen molar-refractivity contribution in [2.24, 2.45) is 0 Å². The molecule has 1 aliphatic rings. The van der Waals surface area contributed by atoms with E-state index in [-0.39, 0.29) is 13.1 Å². The van der Waals surface area contributed by atoms with Gasteiger partial charge in [0.25, 0.3) is 0 Å². The molecule has 0 spiro atoms. The fourth-order valence-electron chi connectivity index (χ4n) is 0.580. The van der Waals surface area contributed by atoms with Gasteiger partial charge in [-0.05, 0) is 0 Å². The molecule has 0 saturated heterocycles. The summed E-state index contributed by atoms with van der Waals surface area (Å²) in [5.74, 6) is -3.28. The van der Waals surface area contributed by atoms with Gasteiger partial charge in [-0.2, -0.15) is 0 Å². The first-order chi connectivity index (χ1) is 7.41. The van der Waals surface area contributed by atoms with E-state index in [2.05, 4.69) is 10.1 Å². The number of nitrogens with one attached hydrogen (secondary N) is 1. The molecule has 0 unspecified atom stereocenters. The van der Waals surface area contributed by atoms with Crippen molar-refractivity contribution in [2.45, 2.75) is 0 Å². The van der Waals surface area contributed by atoms with Crippen molar-refractivity contribution in [3.05, 3.63) is 12.2 Å². The van der Waals surface area contributed by atoms with Gasteiger partial charge >= 0.3 is 23.9 Å². The summed E-state index contributed by atoms with van der Waals surface area (Å²) in [6, 6.07) is 0. The van der Waals surface area contributed by atoms with Gasteiger partial charge in [0.1, 0.15) is 0 Å². The first kappa shape index (κ1) is 13.8. The monoisotopic (exact) mass is 231 g/mol. The summed E-state index contributed by atoms with van der Waals surface area (Å²) in [5, 5.41) is 18.1. The van der Waals surface area contributed by atoms with Crippen LogP contribution in [-0.4, -0.2) is 47.2 Å². The van der Waals surface area contributed by atoms with Crippen LogP contribution in [0.15, 0.2) is 12.2 Å². The molecule has 0 saturated carbocycles. The Hall–Kier alpha value is -2.22. The zero-order valence-electron chi connectivity index (χ0n) is 8.00. The van der Waals surface area contributed by atoms with Crippen molar-refractivity contribution in [3.8, 4) is 0 Å². The lowest BCUT2D eigenvalue weighted by Gasteiger charge is -1.93. The summed E-state index contributed by atoms with van der Waals surface area (Å²) in [5.41, 5.74) is 0. The summed E-state index contributed by atoms with van der Waals surface area (Å²) in [4.78, 5) is 39.3. The minimum absolute atomic E-state index is 0.313. The number of ether oxygens (including phenoxy) is 1. The van der Waals surface area contributed by atoms with E-state index in [1.807, 2.05) is 0 Å². The molecule has 3 N–H and O–H groups in total. The van der Waals surface area contributed by atoms with Gasteiger partial charge in [0, 0.05) is 12.2 Å². The van der Waals surface area contributed by atoms with Gasteiger partial charge in [-0.25, -0.2) is 9.59 Å². The zero-order chi connectivity index (χ0) is 12.6. The normalized spacial score (nSPS) is 12.8. The maximum atomic E-state index is 9.92. The molecule has 0 radical (unpaired) electrons. The number of rotatable bonds is 4. The molecule has 8 heteroatoms. The van der Waals surface area contributed by atoms with Crippen LogP contribution in [0.5, 0.6) is 0 Å². The number of cyclic esters (lactones) is 2. The predicted molar refractivity (Wildman–Crippen MR) is 48.4 cm³/mol. The Kier molecular flexibility index (Phi) is 6.13. The molecule has 0 aromatic carbocycles. The van der Waals surface area contributed by atoms with Crippen LogP contribution in [0, 0.1) is 0 Å². The van der Waals surface area contributed by atoms with Crippen LogP contribution in [0.3, 0.4) is 0 Å².